The van der Waals surface area contributed by atoms with E-state index in [2.05, 4.69) is 10.6 Å². The predicted molar refractivity (Wildman–Crippen MR) is 199 cm³/mol. The number of nitrogens with zero attached hydrogens (tertiary/aromatic N) is 2. The van der Waals surface area contributed by atoms with E-state index in [4.69, 9.17) is 18.9 Å². The van der Waals surface area contributed by atoms with Crippen LogP contribution in [0, 0.1) is 0 Å². The number of hydrogen-bond donors (Lipinski definition) is 2. The van der Waals surface area contributed by atoms with Crippen LogP contribution in [0.15, 0.2) is 121 Å². The number of amides is 3. The predicted octanol–water partition coefficient (Wildman–Crippen LogP) is 4.84. The van der Waals surface area contributed by atoms with Gasteiger partial charge in [-0.3, -0.25) is 24.2 Å². The standard InChI is InChI=1S/C41H46N4O9/c1-51-37(46)24-35(45(26-32-17-9-4-10-18-32)41(50)54-29-34-21-13-6-14-22-34)25-42-40(49)43-30-44(27-38(47)52-2)36(23-31-15-7-3-8-16-31)39(48)53-28-33-19-11-5-12-20-33/h3-22,35-36H,23-30H2,1-2H3,(H2,42,43,49)/t35-,36?/m1/s1. The Bertz CT molecular complexity index is 1630. The minimum Gasteiger partial charge on any atom is -0.469 e. The molecule has 0 spiro atoms. The molecule has 4 rings (SSSR count). The molecule has 0 aliphatic rings. The molecular weight excluding hydrogens is 692 g/mol. The van der Waals surface area contributed by atoms with Crippen molar-refractivity contribution in [3.05, 3.63) is 144 Å². The number of ether oxygens (including phenoxy) is 4. The van der Waals surface area contributed by atoms with Gasteiger partial charge in [-0.2, -0.15) is 0 Å². The van der Waals surface area contributed by atoms with Crippen LogP contribution in [0.1, 0.15) is 28.7 Å². The lowest BCUT2D eigenvalue weighted by molar-refractivity contribution is -0.154. The van der Waals surface area contributed by atoms with E-state index in [1.54, 1.807) is 0 Å². The Balaban J connectivity index is 1.49. The van der Waals surface area contributed by atoms with E-state index >= 15 is 0 Å². The highest BCUT2D eigenvalue weighted by molar-refractivity contribution is 5.79. The number of benzene rings is 4. The Morgan fingerprint density at radius 3 is 1.65 bits per heavy atom. The summed E-state index contributed by atoms with van der Waals surface area (Å²) in [5.41, 5.74) is 3.14. The quantitative estimate of drug-likeness (QED) is 0.0777. The highest BCUT2D eigenvalue weighted by Crippen LogP contribution is 2.16. The summed E-state index contributed by atoms with van der Waals surface area (Å²) >= 11 is 0. The van der Waals surface area contributed by atoms with Crippen LogP contribution in [0.2, 0.25) is 0 Å². The Morgan fingerprint density at radius 2 is 1.11 bits per heavy atom. The van der Waals surface area contributed by atoms with E-state index in [1.165, 1.54) is 24.0 Å². The van der Waals surface area contributed by atoms with Crippen LogP contribution < -0.4 is 10.6 Å². The zero-order valence-corrected chi connectivity index (χ0v) is 30.4. The second kappa shape index (κ2) is 22.0. The van der Waals surface area contributed by atoms with Gasteiger partial charge < -0.3 is 29.6 Å². The molecule has 0 saturated heterocycles. The van der Waals surface area contributed by atoms with Crippen molar-refractivity contribution >= 4 is 30.0 Å². The number of methoxy groups -OCH3 is 2. The van der Waals surface area contributed by atoms with Crippen molar-refractivity contribution < 1.29 is 42.9 Å². The molecule has 2 atom stereocenters. The molecule has 54 heavy (non-hydrogen) atoms. The molecule has 284 valence electrons. The summed E-state index contributed by atoms with van der Waals surface area (Å²) in [7, 11) is 2.47. The van der Waals surface area contributed by atoms with Crippen molar-refractivity contribution in [2.24, 2.45) is 0 Å². The third-order valence-corrected chi connectivity index (χ3v) is 8.42. The van der Waals surface area contributed by atoms with Gasteiger partial charge in [-0.25, -0.2) is 9.59 Å². The average molecular weight is 739 g/mol. The van der Waals surface area contributed by atoms with Crippen LogP contribution in [0.25, 0.3) is 0 Å². The van der Waals surface area contributed by atoms with E-state index in [1.807, 2.05) is 121 Å². The van der Waals surface area contributed by atoms with Gasteiger partial charge in [0, 0.05) is 13.1 Å². The lowest BCUT2D eigenvalue weighted by Gasteiger charge is -2.31. The lowest BCUT2D eigenvalue weighted by atomic mass is 10.0. The van der Waals surface area contributed by atoms with Crippen LogP contribution in [-0.4, -0.2) is 85.9 Å². The van der Waals surface area contributed by atoms with Gasteiger partial charge in [0.2, 0.25) is 0 Å². The second-order valence-electron chi connectivity index (χ2n) is 12.3. The molecule has 0 aliphatic heterocycles. The van der Waals surface area contributed by atoms with Crippen molar-refractivity contribution in [2.45, 2.75) is 44.7 Å². The molecule has 1 unspecified atom stereocenters. The van der Waals surface area contributed by atoms with Crippen molar-refractivity contribution in [3.8, 4) is 0 Å². The molecule has 0 aromatic heterocycles. The molecule has 0 bridgehead atoms. The zero-order chi connectivity index (χ0) is 38.5. The van der Waals surface area contributed by atoms with E-state index in [-0.39, 0.29) is 52.4 Å². The van der Waals surface area contributed by atoms with Gasteiger partial charge in [-0.05, 0) is 28.7 Å². The van der Waals surface area contributed by atoms with E-state index in [0.717, 1.165) is 22.3 Å². The number of nitrogens with one attached hydrogen (secondary N) is 2. The number of esters is 3. The van der Waals surface area contributed by atoms with Gasteiger partial charge in [0.25, 0.3) is 0 Å². The molecule has 0 radical (unpaired) electrons. The molecule has 0 saturated carbocycles. The highest BCUT2D eigenvalue weighted by Gasteiger charge is 2.31. The third kappa shape index (κ3) is 13.7. The molecular formula is C41H46N4O9. The minimum absolute atomic E-state index is 0.00220. The smallest absolute Gasteiger partial charge is 0.410 e. The summed E-state index contributed by atoms with van der Waals surface area (Å²) in [5, 5.41) is 5.43. The van der Waals surface area contributed by atoms with Crippen LogP contribution in [-0.2, 0) is 59.5 Å². The van der Waals surface area contributed by atoms with Crippen molar-refractivity contribution in [3.63, 3.8) is 0 Å². The van der Waals surface area contributed by atoms with E-state index < -0.39 is 42.1 Å². The van der Waals surface area contributed by atoms with Crippen LogP contribution >= 0.6 is 0 Å². The van der Waals surface area contributed by atoms with Crippen LogP contribution in [0.4, 0.5) is 9.59 Å². The van der Waals surface area contributed by atoms with Gasteiger partial charge in [-0.15, -0.1) is 0 Å². The summed E-state index contributed by atoms with van der Waals surface area (Å²) in [5.74, 6) is -1.83. The number of rotatable bonds is 19. The molecule has 3 amide bonds. The first-order valence-electron chi connectivity index (χ1n) is 17.4. The maximum Gasteiger partial charge on any atom is 0.410 e. The maximum atomic E-state index is 13.6. The van der Waals surface area contributed by atoms with Gasteiger partial charge >= 0.3 is 30.0 Å². The summed E-state index contributed by atoms with van der Waals surface area (Å²) in [6.07, 6.45) is -0.763. The molecule has 0 aliphatic carbocycles. The number of carbonyl (C=O) groups is 5. The monoisotopic (exact) mass is 738 g/mol. The Kier molecular flexibility index (Phi) is 16.5. The summed E-state index contributed by atoms with van der Waals surface area (Å²) in [4.78, 5) is 68.5. The zero-order valence-electron chi connectivity index (χ0n) is 30.4. The number of hydrogen-bond acceptors (Lipinski definition) is 10. The molecule has 13 nitrogen and oxygen atoms in total. The Morgan fingerprint density at radius 1 is 0.611 bits per heavy atom. The van der Waals surface area contributed by atoms with Crippen molar-refractivity contribution in [1.82, 2.24) is 20.4 Å². The van der Waals surface area contributed by atoms with Crippen molar-refractivity contribution in [1.29, 1.82) is 0 Å². The normalized spacial score (nSPS) is 11.8. The van der Waals surface area contributed by atoms with E-state index in [9.17, 15) is 24.0 Å². The molecule has 13 heteroatoms. The third-order valence-electron chi connectivity index (χ3n) is 8.42. The number of urea groups is 1. The molecule has 2 N–H and O–H groups in total. The maximum absolute atomic E-state index is 13.6. The Labute approximate surface area is 315 Å². The fraction of sp³-hybridized carbons (Fsp3) is 0.293. The van der Waals surface area contributed by atoms with Gasteiger partial charge in [0.05, 0.1) is 39.9 Å². The van der Waals surface area contributed by atoms with Crippen LogP contribution in [0.5, 0.6) is 0 Å². The molecule has 0 heterocycles. The largest absolute Gasteiger partial charge is 0.469 e. The first kappa shape index (κ1) is 40.6. The van der Waals surface area contributed by atoms with E-state index in [0.29, 0.717) is 0 Å². The fourth-order valence-electron chi connectivity index (χ4n) is 5.47. The summed E-state index contributed by atoms with van der Waals surface area (Å²) in [6, 6.07) is 34.2. The molecule has 0 fully saturated rings. The molecule has 4 aromatic carbocycles. The van der Waals surface area contributed by atoms with Gasteiger partial charge in [0.15, 0.2) is 0 Å². The summed E-state index contributed by atoms with van der Waals surface area (Å²) < 4.78 is 21.2. The summed E-state index contributed by atoms with van der Waals surface area (Å²) in [6.45, 7) is -0.668. The fourth-order valence-corrected chi connectivity index (χ4v) is 5.47. The Hall–Kier alpha value is -6.21. The lowest BCUT2D eigenvalue weighted by Crippen LogP contribution is -2.54. The number of carbonyl (C=O) groups excluding carboxylic acids is 5. The minimum atomic E-state index is -0.983. The average Bonchev–Trinajstić information content (AvgIpc) is 3.21. The van der Waals surface area contributed by atoms with Crippen LogP contribution in [0.3, 0.4) is 0 Å². The second-order valence-corrected chi connectivity index (χ2v) is 12.3. The highest BCUT2D eigenvalue weighted by atomic mass is 16.6. The first-order chi connectivity index (χ1) is 26.2. The van der Waals surface area contributed by atoms with Gasteiger partial charge in [0.1, 0.15) is 19.3 Å². The van der Waals surface area contributed by atoms with Gasteiger partial charge in [-0.1, -0.05) is 121 Å². The molecule has 4 aromatic rings. The van der Waals surface area contributed by atoms with Crippen molar-refractivity contribution in [2.75, 3.05) is 34.0 Å². The first-order valence-corrected chi connectivity index (χ1v) is 17.4. The SMILES string of the molecule is COC(=O)C[C@H](CNC(=O)NCN(CC(=O)OC)C(Cc1ccccc1)C(=O)OCc1ccccc1)N(Cc1ccccc1)C(=O)OCc1ccccc1. The topological polar surface area (TPSA) is 153 Å².